The van der Waals surface area contributed by atoms with Gasteiger partial charge in [0.1, 0.15) is 0 Å². The highest BCUT2D eigenvalue weighted by Gasteiger charge is 2.35. The molecular formula is C12H24N2. The maximum Gasteiger partial charge on any atom is 0.0168 e. The molecule has 1 aliphatic heterocycles. The van der Waals surface area contributed by atoms with Gasteiger partial charge in [0.2, 0.25) is 0 Å². The Kier molecular flexibility index (Phi) is 2.85. The molecule has 2 atom stereocenters. The number of nitrogens with two attached hydrogens (primary N) is 1. The van der Waals surface area contributed by atoms with Crippen molar-refractivity contribution in [2.24, 2.45) is 11.1 Å². The van der Waals surface area contributed by atoms with Crippen molar-refractivity contribution in [2.75, 3.05) is 13.1 Å². The van der Waals surface area contributed by atoms with Crippen LogP contribution in [0.1, 0.15) is 46.0 Å². The van der Waals surface area contributed by atoms with E-state index in [4.69, 9.17) is 5.73 Å². The van der Waals surface area contributed by atoms with Gasteiger partial charge in [0.15, 0.2) is 0 Å². The number of hydrogen-bond acceptors (Lipinski definition) is 2. The minimum absolute atomic E-state index is 0.437. The third kappa shape index (κ3) is 2.29. The van der Waals surface area contributed by atoms with E-state index in [1.807, 2.05) is 0 Å². The van der Waals surface area contributed by atoms with Crippen molar-refractivity contribution < 1.29 is 0 Å². The summed E-state index contributed by atoms with van der Waals surface area (Å²) in [4.78, 5) is 2.64. The van der Waals surface area contributed by atoms with E-state index in [9.17, 15) is 0 Å². The predicted octanol–water partition coefficient (Wildman–Crippen LogP) is 1.99. The van der Waals surface area contributed by atoms with Gasteiger partial charge in [-0.1, -0.05) is 13.8 Å². The fourth-order valence-corrected chi connectivity index (χ4v) is 3.08. The molecule has 2 fully saturated rings. The minimum Gasteiger partial charge on any atom is -0.327 e. The fraction of sp³-hybridized carbons (Fsp3) is 1.00. The molecule has 0 bridgehead atoms. The normalized spacial score (nSPS) is 38.8. The Morgan fingerprint density at radius 1 is 1.29 bits per heavy atom. The molecule has 0 aromatic rings. The molecule has 2 nitrogen and oxygen atoms in total. The van der Waals surface area contributed by atoms with Crippen LogP contribution < -0.4 is 5.73 Å². The Labute approximate surface area is 87.8 Å². The number of likely N-dealkylation sites (tertiary alicyclic amines) is 1. The molecule has 1 heterocycles. The highest BCUT2D eigenvalue weighted by atomic mass is 15.2. The number of piperidine rings is 1. The van der Waals surface area contributed by atoms with Crippen LogP contribution in [0.2, 0.25) is 0 Å². The molecule has 2 heteroatoms. The Morgan fingerprint density at radius 2 is 2.07 bits per heavy atom. The van der Waals surface area contributed by atoms with Gasteiger partial charge < -0.3 is 5.73 Å². The quantitative estimate of drug-likeness (QED) is 0.695. The summed E-state index contributed by atoms with van der Waals surface area (Å²) < 4.78 is 0. The van der Waals surface area contributed by atoms with Crippen LogP contribution in [0.25, 0.3) is 0 Å². The van der Waals surface area contributed by atoms with Crippen molar-refractivity contribution in [1.82, 2.24) is 4.90 Å². The molecule has 1 saturated heterocycles. The summed E-state index contributed by atoms with van der Waals surface area (Å²) in [6.07, 6.45) is 6.69. The van der Waals surface area contributed by atoms with E-state index >= 15 is 0 Å². The minimum atomic E-state index is 0.437. The van der Waals surface area contributed by atoms with Gasteiger partial charge in [-0.3, -0.25) is 4.90 Å². The van der Waals surface area contributed by atoms with Crippen molar-refractivity contribution in [3.63, 3.8) is 0 Å². The molecule has 0 radical (unpaired) electrons. The van der Waals surface area contributed by atoms with Crippen LogP contribution in [-0.4, -0.2) is 30.1 Å². The average molecular weight is 196 g/mol. The number of hydrogen-bond donors (Lipinski definition) is 1. The second-order valence-electron chi connectivity index (χ2n) is 5.96. The molecule has 14 heavy (non-hydrogen) atoms. The van der Waals surface area contributed by atoms with Crippen molar-refractivity contribution >= 4 is 0 Å². The van der Waals surface area contributed by atoms with E-state index in [2.05, 4.69) is 18.7 Å². The zero-order valence-electron chi connectivity index (χ0n) is 9.63. The molecule has 2 unspecified atom stereocenters. The standard InChI is InChI=1S/C12H24N2/c1-12(2)6-5-11(8-12)14-7-3-4-10(13)9-14/h10-11H,3-9,13H2,1-2H3. The van der Waals surface area contributed by atoms with Gasteiger partial charge in [-0.2, -0.15) is 0 Å². The van der Waals surface area contributed by atoms with Gasteiger partial charge in [0.05, 0.1) is 0 Å². The van der Waals surface area contributed by atoms with Crippen LogP contribution in [0, 0.1) is 5.41 Å². The van der Waals surface area contributed by atoms with E-state index in [1.54, 1.807) is 0 Å². The third-order valence-electron chi connectivity index (χ3n) is 3.95. The summed E-state index contributed by atoms with van der Waals surface area (Å²) in [5.41, 5.74) is 6.59. The highest BCUT2D eigenvalue weighted by Crippen LogP contribution is 2.39. The second kappa shape index (κ2) is 3.82. The Balaban J connectivity index is 1.89. The lowest BCUT2D eigenvalue weighted by Gasteiger charge is -2.36. The predicted molar refractivity (Wildman–Crippen MR) is 60.2 cm³/mol. The molecule has 0 spiro atoms. The lowest BCUT2D eigenvalue weighted by Crippen LogP contribution is -2.47. The van der Waals surface area contributed by atoms with Crippen molar-refractivity contribution in [2.45, 2.75) is 58.0 Å². The van der Waals surface area contributed by atoms with Gasteiger partial charge in [0.25, 0.3) is 0 Å². The maximum atomic E-state index is 6.02. The molecule has 0 amide bonds. The molecule has 0 aromatic carbocycles. The Bertz CT molecular complexity index is 200. The van der Waals surface area contributed by atoms with Gasteiger partial charge in [0, 0.05) is 18.6 Å². The molecule has 2 aliphatic rings. The van der Waals surface area contributed by atoms with Crippen LogP contribution in [0.3, 0.4) is 0 Å². The first-order chi connectivity index (χ1) is 6.57. The third-order valence-corrected chi connectivity index (χ3v) is 3.95. The average Bonchev–Trinajstić information content (AvgIpc) is 2.46. The molecule has 2 N–H and O–H groups in total. The van der Waals surface area contributed by atoms with Gasteiger partial charge in [-0.25, -0.2) is 0 Å². The summed E-state index contributed by atoms with van der Waals surface area (Å²) in [5.74, 6) is 0. The number of nitrogens with zero attached hydrogens (tertiary/aromatic N) is 1. The van der Waals surface area contributed by atoms with Gasteiger partial charge >= 0.3 is 0 Å². The lowest BCUT2D eigenvalue weighted by atomic mass is 9.91. The Morgan fingerprint density at radius 3 is 2.64 bits per heavy atom. The second-order valence-corrected chi connectivity index (χ2v) is 5.96. The molecule has 1 saturated carbocycles. The zero-order valence-corrected chi connectivity index (χ0v) is 9.63. The van der Waals surface area contributed by atoms with Gasteiger partial charge in [-0.15, -0.1) is 0 Å². The van der Waals surface area contributed by atoms with Crippen LogP contribution in [-0.2, 0) is 0 Å². The smallest absolute Gasteiger partial charge is 0.0168 e. The highest BCUT2D eigenvalue weighted by molar-refractivity contribution is 4.90. The monoisotopic (exact) mass is 196 g/mol. The van der Waals surface area contributed by atoms with Crippen LogP contribution >= 0.6 is 0 Å². The van der Waals surface area contributed by atoms with Crippen molar-refractivity contribution in [3.05, 3.63) is 0 Å². The van der Waals surface area contributed by atoms with Crippen LogP contribution in [0.5, 0.6) is 0 Å². The molecule has 82 valence electrons. The first kappa shape index (κ1) is 10.4. The van der Waals surface area contributed by atoms with Crippen LogP contribution in [0.4, 0.5) is 0 Å². The SMILES string of the molecule is CC1(C)CCC(N2CCCC(N)C2)C1. The molecular weight excluding hydrogens is 172 g/mol. The summed E-state index contributed by atoms with van der Waals surface area (Å²) in [6, 6.07) is 1.27. The van der Waals surface area contributed by atoms with Crippen LogP contribution in [0.15, 0.2) is 0 Å². The first-order valence-corrected chi connectivity index (χ1v) is 6.06. The number of rotatable bonds is 1. The van der Waals surface area contributed by atoms with E-state index in [-0.39, 0.29) is 0 Å². The zero-order chi connectivity index (χ0) is 10.2. The first-order valence-electron chi connectivity index (χ1n) is 6.06. The topological polar surface area (TPSA) is 29.3 Å². The van der Waals surface area contributed by atoms with Gasteiger partial charge in [-0.05, 0) is 44.1 Å². The Hall–Kier alpha value is -0.0800. The summed E-state index contributed by atoms with van der Waals surface area (Å²) >= 11 is 0. The lowest BCUT2D eigenvalue weighted by molar-refractivity contribution is 0.143. The van der Waals surface area contributed by atoms with Crippen molar-refractivity contribution in [1.29, 1.82) is 0 Å². The molecule has 2 rings (SSSR count). The molecule has 0 aromatic heterocycles. The molecule has 1 aliphatic carbocycles. The van der Waals surface area contributed by atoms with E-state index < -0.39 is 0 Å². The summed E-state index contributed by atoms with van der Waals surface area (Å²) in [7, 11) is 0. The summed E-state index contributed by atoms with van der Waals surface area (Å²) in [5, 5.41) is 0. The largest absolute Gasteiger partial charge is 0.327 e. The van der Waals surface area contributed by atoms with E-state index in [0.717, 1.165) is 12.6 Å². The maximum absolute atomic E-state index is 6.02. The fourth-order valence-electron chi connectivity index (χ4n) is 3.08. The van der Waals surface area contributed by atoms with E-state index in [1.165, 1.54) is 38.6 Å². The summed E-state index contributed by atoms with van der Waals surface area (Å²) in [6.45, 7) is 7.23. The van der Waals surface area contributed by atoms with Crippen molar-refractivity contribution in [3.8, 4) is 0 Å². The van der Waals surface area contributed by atoms with E-state index in [0.29, 0.717) is 11.5 Å².